The van der Waals surface area contributed by atoms with Gasteiger partial charge in [-0.1, -0.05) is 47.6 Å². The normalized spacial score (nSPS) is 18.6. The van der Waals surface area contributed by atoms with Crippen molar-refractivity contribution in [3.8, 4) is 0 Å². The molecule has 1 aliphatic rings. The minimum absolute atomic E-state index is 0.110. The second kappa shape index (κ2) is 11.1. The van der Waals surface area contributed by atoms with E-state index in [-0.39, 0.29) is 23.3 Å². The van der Waals surface area contributed by atoms with E-state index in [9.17, 15) is 14.4 Å². The van der Waals surface area contributed by atoms with E-state index in [1.54, 1.807) is 38.1 Å². The number of nitrogens with zero attached hydrogens (tertiary/aromatic N) is 3. The Morgan fingerprint density at radius 1 is 0.950 bits per heavy atom. The number of aromatic nitrogens is 4. The van der Waals surface area contributed by atoms with Gasteiger partial charge in [0.05, 0.1) is 22.5 Å². The van der Waals surface area contributed by atoms with Crippen LogP contribution < -0.4 is 5.69 Å². The first-order valence-electron chi connectivity index (χ1n) is 12.8. The zero-order valence-electron chi connectivity index (χ0n) is 22.5. The lowest BCUT2D eigenvalue weighted by atomic mass is 10.1. The van der Waals surface area contributed by atoms with Crippen LogP contribution in [0, 0.1) is 32.3 Å². The summed E-state index contributed by atoms with van der Waals surface area (Å²) in [4.78, 5) is 50.5. The fraction of sp³-hybridized carbons (Fsp3) is 0.310. The third-order valence-corrected chi connectivity index (χ3v) is 7.15. The number of esters is 2. The van der Waals surface area contributed by atoms with Crippen molar-refractivity contribution in [3.05, 3.63) is 97.3 Å². The maximum atomic E-state index is 13.1. The Hall–Kier alpha value is -4.22. The molecule has 2 aromatic carbocycles. The van der Waals surface area contributed by atoms with Gasteiger partial charge in [0.2, 0.25) is 0 Å². The third kappa shape index (κ3) is 5.56. The number of aromatic amines is 1. The van der Waals surface area contributed by atoms with E-state index in [0.29, 0.717) is 28.0 Å². The number of benzene rings is 2. The number of ether oxygens (including phenoxy) is 3. The molecule has 1 fully saturated rings. The van der Waals surface area contributed by atoms with Crippen molar-refractivity contribution in [3.63, 3.8) is 0 Å². The highest BCUT2D eigenvalue weighted by Crippen LogP contribution is 2.32. The van der Waals surface area contributed by atoms with Gasteiger partial charge in [-0.15, -0.1) is 0 Å². The molecule has 5 rings (SSSR count). The highest BCUT2D eigenvalue weighted by atomic mass is 32.1. The predicted octanol–water partition coefficient (Wildman–Crippen LogP) is 4.45. The molecule has 0 saturated carbocycles. The van der Waals surface area contributed by atoms with Crippen molar-refractivity contribution in [1.29, 1.82) is 0 Å². The highest BCUT2D eigenvalue weighted by Gasteiger charge is 2.41. The third-order valence-electron chi connectivity index (χ3n) is 6.85. The summed E-state index contributed by atoms with van der Waals surface area (Å²) in [6, 6.07) is 13.9. The molecule has 0 amide bonds. The van der Waals surface area contributed by atoms with Crippen molar-refractivity contribution in [2.24, 2.45) is 0 Å². The van der Waals surface area contributed by atoms with Crippen LogP contribution in [0.15, 0.2) is 53.3 Å². The molecule has 0 spiro atoms. The lowest BCUT2D eigenvalue weighted by molar-refractivity contribution is -0.0572. The van der Waals surface area contributed by atoms with Gasteiger partial charge in [0.1, 0.15) is 35.2 Å². The quantitative estimate of drug-likeness (QED) is 0.269. The Kier molecular flexibility index (Phi) is 7.59. The van der Waals surface area contributed by atoms with Crippen molar-refractivity contribution >= 4 is 35.3 Å². The van der Waals surface area contributed by atoms with E-state index in [4.69, 9.17) is 26.4 Å². The van der Waals surface area contributed by atoms with E-state index < -0.39 is 36.1 Å². The van der Waals surface area contributed by atoms with Gasteiger partial charge in [-0.2, -0.15) is 0 Å². The Labute approximate surface area is 235 Å². The van der Waals surface area contributed by atoms with Gasteiger partial charge in [-0.05, 0) is 52.0 Å². The summed E-state index contributed by atoms with van der Waals surface area (Å²) in [5.41, 5.74) is 4.13. The molecular formula is C29H28N4O6S. The highest BCUT2D eigenvalue weighted by molar-refractivity contribution is 7.71. The lowest BCUT2D eigenvalue weighted by Gasteiger charge is -2.19. The van der Waals surface area contributed by atoms with Crippen LogP contribution in [0.2, 0.25) is 0 Å². The van der Waals surface area contributed by atoms with Crippen LogP contribution in [0.4, 0.5) is 0 Å². The van der Waals surface area contributed by atoms with Gasteiger partial charge in [0, 0.05) is 6.42 Å². The SMILES string of the molecule is Cc1ccc(C(=O)OC[C@H]2O[C@@H](n3c(=O)[nH]c(=S)c4nc(C)c(C)nc43)C[C@@H]2OC(=O)c2ccc(C)cc2)cc1. The van der Waals surface area contributed by atoms with Crippen LogP contribution in [-0.2, 0) is 14.2 Å². The first kappa shape index (κ1) is 27.4. The van der Waals surface area contributed by atoms with E-state index in [2.05, 4.69) is 15.0 Å². The summed E-state index contributed by atoms with van der Waals surface area (Å²) in [7, 11) is 0. The number of hydrogen-bond acceptors (Lipinski definition) is 9. The zero-order chi connectivity index (χ0) is 28.6. The molecule has 40 heavy (non-hydrogen) atoms. The molecular weight excluding hydrogens is 532 g/mol. The predicted molar refractivity (Wildman–Crippen MR) is 149 cm³/mol. The van der Waals surface area contributed by atoms with Gasteiger partial charge in [0.15, 0.2) is 5.65 Å². The number of H-pyrrole nitrogens is 1. The van der Waals surface area contributed by atoms with Crippen LogP contribution in [0.5, 0.6) is 0 Å². The lowest BCUT2D eigenvalue weighted by Crippen LogP contribution is -2.32. The molecule has 0 bridgehead atoms. The summed E-state index contributed by atoms with van der Waals surface area (Å²) in [5.74, 6) is -1.10. The topological polar surface area (TPSA) is 125 Å². The standard InChI is InChI=1S/C29H28N4O6S/c1-15-5-9-19(10-6-15)27(34)37-14-22-21(39-28(35)20-11-7-16(2)8-12-20)13-23(38-22)33-25-24(26(40)32-29(33)36)30-17(3)18(4)31-25/h5-12,21-23H,13-14H2,1-4H3,(H,32,36,40)/t21-,22+,23+/m0/s1. The fourth-order valence-corrected chi connectivity index (χ4v) is 4.67. The number of aryl methyl sites for hydroxylation is 4. The molecule has 0 radical (unpaired) electrons. The second-order valence-electron chi connectivity index (χ2n) is 9.84. The summed E-state index contributed by atoms with van der Waals surface area (Å²) < 4.78 is 19.1. The molecule has 0 aliphatic carbocycles. The van der Waals surface area contributed by atoms with Crippen LogP contribution >= 0.6 is 12.2 Å². The number of fused-ring (bicyclic) bond motifs is 1. The van der Waals surface area contributed by atoms with Gasteiger partial charge < -0.3 is 14.2 Å². The molecule has 10 nitrogen and oxygen atoms in total. The maximum Gasteiger partial charge on any atom is 0.338 e. The Balaban J connectivity index is 1.45. The van der Waals surface area contributed by atoms with E-state index in [0.717, 1.165) is 11.1 Å². The summed E-state index contributed by atoms with van der Waals surface area (Å²) in [5, 5.41) is 0. The molecule has 206 valence electrons. The minimum Gasteiger partial charge on any atom is -0.459 e. The van der Waals surface area contributed by atoms with Crippen molar-refractivity contribution in [1.82, 2.24) is 19.5 Å². The Morgan fingerprint density at radius 2 is 1.52 bits per heavy atom. The molecule has 1 N–H and O–H groups in total. The Bertz CT molecular complexity index is 1710. The average Bonchev–Trinajstić information content (AvgIpc) is 3.31. The maximum absolute atomic E-state index is 13.1. The molecule has 1 aliphatic heterocycles. The first-order valence-corrected chi connectivity index (χ1v) is 13.2. The number of nitrogens with one attached hydrogen (secondary N) is 1. The smallest absolute Gasteiger partial charge is 0.338 e. The largest absolute Gasteiger partial charge is 0.459 e. The number of carbonyl (C=O) groups is 2. The minimum atomic E-state index is -0.892. The summed E-state index contributed by atoms with van der Waals surface area (Å²) in [6.45, 7) is 7.22. The van der Waals surface area contributed by atoms with Crippen molar-refractivity contribution in [2.45, 2.75) is 52.6 Å². The average molecular weight is 561 g/mol. The number of carbonyl (C=O) groups excluding carboxylic acids is 2. The van der Waals surface area contributed by atoms with Gasteiger partial charge >= 0.3 is 17.6 Å². The molecule has 0 unspecified atom stereocenters. The Morgan fingerprint density at radius 3 is 2.15 bits per heavy atom. The fourth-order valence-electron chi connectivity index (χ4n) is 4.45. The number of hydrogen-bond donors (Lipinski definition) is 1. The van der Waals surface area contributed by atoms with Crippen molar-refractivity contribution in [2.75, 3.05) is 6.61 Å². The van der Waals surface area contributed by atoms with Crippen molar-refractivity contribution < 1.29 is 23.8 Å². The molecule has 3 heterocycles. The molecule has 3 atom stereocenters. The second-order valence-corrected chi connectivity index (χ2v) is 10.2. The van der Waals surface area contributed by atoms with Gasteiger partial charge in [-0.3, -0.25) is 4.98 Å². The van der Waals surface area contributed by atoms with Crippen LogP contribution in [0.3, 0.4) is 0 Å². The molecule has 4 aromatic rings. The van der Waals surface area contributed by atoms with E-state index in [1.807, 2.05) is 38.1 Å². The number of rotatable bonds is 6. The van der Waals surface area contributed by atoms with Crippen LogP contribution in [-0.4, -0.2) is 50.3 Å². The van der Waals surface area contributed by atoms with Gasteiger partial charge in [0.25, 0.3) is 0 Å². The molecule has 11 heteroatoms. The van der Waals surface area contributed by atoms with Crippen LogP contribution in [0.1, 0.15) is 55.9 Å². The molecule has 1 saturated heterocycles. The van der Waals surface area contributed by atoms with E-state index >= 15 is 0 Å². The van der Waals surface area contributed by atoms with Gasteiger partial charge in [-0.25, -0.2) is 28.9 Å². The van der Waals surface area contributed by atoms with E-state index in [1.165, 1.54) is 4.57 Å². The first-order chi connectivity index (χ1) is 19.1. The van der Waals surface area contributed by atoms with Crippen LogP contribution in [0.25, 0.3) is 11.2 Å². The molecule has 2 aromatic heterocycles. The summed E-state index contributed by atoms with van der Waals surface area (Å²) in [6.07, 6.45) is -2.46. The summed E-state index contributed by atoms with van der Waals surface area (Å²) >= 11 is 5.33. The monoisotopic (exact) mass is 560 g/mol. The zero-order valence-corrected chi connectivity index (χ0v) is 23.3.